The maximum atomic E-state index is 13.2. The van der Waals surface area contributed by atoms with Gasteiger partial charge in [0.05, 0.1) is 22.0 Å². The zero-order chi connectivity index (χ0) is 21.3. The molecule has 8 heteroatoms. The molecule has 0 saturated heterocycles. The normalized spacial score (nSPS) is 12.6. The first-order valence-corrected chi connectivity index (χ1v) is 12.2. The second-order valence-corrected chi connectivity index (χ2v) is 10.0. The Hall–Kier alpha value is -2.03. The number of nitrogens with zero attached hydrogens (tertiary/aromatic N) is 2. The monoisotopic (exact) mass is 501 g/mol. The number of aryl methyl sites for hydroxylation is 3. The van der Waals surface area contributed by atoms with Gasteiger partial charge in [0, 0.05) is 22.3 Å². The molecule has 2 heterocycles. The minimum absolute atomic E-state index is 0.0675. The average molecular weight is 502 g/mol. The lowest BCUT2D eigenvalue weighted by atomic mass is 10.1. The minimum Gasteiger partial charge on any atom is -0.325 e. The zero-order valence-electron chi connectivity index (χ0n) is 16.6. The van der Waals surface area contributed by atoms with Crippen LogP contribution in [0.25, 0.3) is 5.69 Å². The lowest BCUT2D eigenvalue weighted by Gasteiger charge is -2.14. The van der Waals surface area contributed by atoms with Gasteiger partial charge < -0.3 is 5.32 Å². The quantitative estimate of drug-likeness (QED) is 0.394. The topological polar surface area (TPSA) is 64.0 Å². The molecule has 4 rings (SSSR count). The first-order chi connectivity index (χ1) is 14.4. The molecule has 30 heavy (non-hydrogen) atoms. The second kappa shape index (κ2) is 8.99. The molecule has 0 atom stereocenters. The van der Waals surface area contributed by atoms with Crippen LogP contribution in [-0.2, 0) is 11.2 Å². The van der Waals surface area contributed by atoms with E-state index in [1.165, 1.54) is 11.8 Å². The largest absolute Gasteiger partial charge is 0.325 e. The predicted molar refractivity (Wildman–Crippen MR) is 127 cm³/mol. The Bertz CT molecular complexity index is 1180. The van der Waals surface area contributed by atoms with E-state index in [9.17, 15) is 9.59 Å². The standard InChI is InChI=1S/C22H20BrN3O2S2/c1-13-3-8-17(14(2)11-13)24-19(27)12-30-22-25-18-9-10-29-20(18)21(28)26(22)16-6-4-15(23)5-7-16/h3-8,11H,9-10,12H2,1-2H3,(H,24,27). The molecule has 1 aliphatic rings. The first kappa shape index (κ1) is 21.2. The van der Waals surface area contributed by atoms with Crippen LogP contribution in [-0.4, -0.2) is 27.0 Å². The van der Waals surface area contributed by atoms with Crippen LogP contribution in [0.15, 0.2) is 61.8 Å². The highest BCUT2D eigenvalue weighted by atomic mass is 79.9. The van der Waals surface area contributed by atoms with E-state index in [2.05, 4.69) is 21.2 Å². The maximum Gasteiger partial charge on any atom is 0.272 e. The van der Waals surface area contributed by atoms with Gasteiger partial charge in [-0.15, -0.1) is 11.8 Å². The van der Waals surface area contributed by atoms with E-state index in [0.29, 0.717) is 10.1 Å². The number of amides is 1. The SMILES string of the molecule is Cc1ccc(NC(=O)CSc2nc3c(c(=O)n2-c2ccc(Br)cc2)SCC3)c(C)c1. The molecule has 1 aromatic heterocycles. The van der Waals surface area contributed by atoms with Crippen LogP contribution >= 0.6 is 39.5 Å². The van der Waals surface area contributed by atoms with E-state index < -0.39 is 0 Å². The van der Waals surface area contributed by atoms with Crippen molar-refractivity contribution < 1.29 is 4.79 Å². The molecule has 0 unspecified atom stereocenters. The van der Waals surface area contributed by atoms with Gasteiger partial charge in [0.25, 0.3) is 5.56 Å². The number of hydrogen-bond acceptors (Lipinski definition) is 5. The molecule has 0 aliphatic carbocycles. The van der Waals surface area contributed by atoms with Crippen LogP contribution in [0.3, 0.4) is 0 Å². The predicted octanol–water partition coefficient (Wildman–Crippen LogP) is 4.99. The van der Waals surface area contributed by atoms with Gasteiger partial charge in [-0.2, -0.15) is 0 Å². The third kappa shape index (κ3) is 4.50. The molecule has 3 aromatic rings. The Morgan fingerprint density at radius 2 is 2.00 bits per heavy atom. The number of nitrogens with one attached hydrogen (secondary N) is 1. The summed E-state index contributed by atoms with van der Waals surface area (Å²) in [7, 11) is 0. The number of halogens is 1. The fraction of sp³-hybridized carbons (Fsp3) is 0.227. The fourth-order valence-electron chi connectivity index (χ4n) is 3.28. The van der Waals surface area contributed by atoms with Crippen molar-refractivity contribution >= 4 is 51.0 Å². The summed E-state index contributed by atoms with van der Waals surface area (Å²) in [5, 5.41) is 3.50. The summed E-state index contributed by atoms with van der Waals surface area (Å²) in [5.74, 6) is 0.903. The molecule has 1 aliphatic heterocycles. The molecular formula is C22H20BrN3O2S2. The van der Waals surface area contributed by atoms with Crippen molar-refractivity contribution in [3.8, 4) is 5.69 Å². The number of fused-ring (bicyclic) bond motifs is 1. The molecule has 1 N–H and O–H groups in total. The minimum atomic E-state index is -0.126. The van der Waals surface area contributed by atoms with Crippen molar-refractivity contribution in [2.24, 2.45) is 0 Å². The van der Waals surface area contributed by atoms with Crippen molar-refractivity contribution in [1.82, 2.24) is 9.55 Å². The fourth-order valence-corrected chi connectivity index (χ4v) is 5.39. The number of carbonyl (C=O) groups excluding carboxylic acids is 1. The van der Waals surface area contributed by atoms with Gasteiger partial charge in [0.2, 0.25) is 5.91 Å². The van der Waals surface area contributed by atoms with Crippen LogP contribution in [0.5, 0.6) is 0 Å². The second-order valence-electron chi connectivity index (χ2n) is 7.04. The van der Waals surface area contributed by atoms with Gasteiger partial charge in [0.1, 0.15) is 0 Å². The maximum absolute atomic E-state index is 13.2. The molecule has 5 nitrogen and oxygen atoms in total. The Balaban J connectivity index is 1.60. The van der Waals surface area contributed by atoms with Crippen LogP contribution in [0.4, 0.5) is 5.69 Å². The van der Waals surface area contributed by atoms with Gasteiger partial charge in [-0.1, -0.05) is 45.4 Å². The lowest BCUT2D eigenvalue weighted by Crippen LogP contribution is -2.24. The number of benzene rings is 2. The molecule has 0 fully saturated rings. The molecule has 0 saturated carbocycles. The van der Waals surface area contributed by atoms with Gasteiger partial charge in [-0.05, 0) is 49.7 Å². The molecule has 2 aromatic carbocycles. The molecule has 0 radical (unpaired) electrons. The van der Waals surface area contributed by atoms with E-state index in [4.69, 9.17) is 4.98 Å². The first-order valence-electron chi connectivity index (χ1n) is 9.47. The summed E-state index contributed by atoms with van der Waals surface area (Å²) in [4.78, 5) is 31.2. The summed E-state index contributed by atoms with van der Waals surface area (Å²) < 4.78 is 2.54. The van der Waals surface area contributed by atoms with Crippen molar-refractivity contribution in [3.63, 3.8) is 0 Å². The molecule has 154 valence electrons. The summed E-state index contributed by atoms with van der Waals surface area (Å²) in [6.07, 6.45) is 0.777. The molecular weight excluding hydrogens is 482 g/mol. The Morgan fingerprint density at radius 1 is 1.23 bits per heavy atom. The number of carbonyl (C=O) groups is 1. The summed E-state index contributed by atoms with van der Waals surface area (Å²) >= 11 is 6.26. The van der Waals surface area contributed by atoms with Crippen molar-refractivity contribution in [2.45, 2.75) is 30.3 Å². The third-order valence-electron chi connectivity index (χ3n) is 4.74. The van der Waals surface area contributed by atoms with Crippen LogP contribution in [0.2, 0.25) is 0 Å². The summed E-state index contributed by atoms with van der Waals surface area (Å²) in [6, 6.07) is 13.5. The van der Waals surface area contributed by atoms with Crippen molar-refractivity contribution in [1.29, 1.82) is 0 Å². The Kier molecular flexibility index (Phi) is 6.36. The smallest absolute Gasteiger partial charge is 0.272 e. The zero-order valence-corrected chi connectivity index (χ0v) is 19.8. The summed E-state index contributed by atoms with van der Waals surface area (Å²) in [5.41, 5.74) is 4.47. The number of anilines is 1. The lowest BCUT2D eigenvalue weighted by molar-refractivity contribution is -0.113. The molecule has 1 amide bonds. The van der Waals surface area contributed by atoms with E-state index in [0.717, 1.165) is 44.8 Å². The van der Waals surface area contributed by atoms with Gasteiger partial charge in [-0.3, -0.25) is 14.2 Å². The number of aromatic nitrogens is 2. The van der Waals surface area contributed by atoms with Gasteiger partial charge in [0.15, 0.2) is 5.16 Å². The summed E-state index contributed by atoms with van der Waals surface area (Å²) in [6.45, 7) is 3.99. The van der Waals surface area contributed by atoms with Gasteiger partial charge in [-0.25, -0.2) is 4.98 Å². The van der Waals surface area contributed by atoms with E-state index in [-0.39, 0.29) is 17.2 Å². The highest BCUT2D eigenvalue weighted by Crippen LogP contribution is 2.30. The number of rotatable bonds is 5. The highest BCUT2D eigenvalue weighted by Gasteiger charge is 2.23. The van der Waals surface area contributed by atoms with E-state index in [1.54, 1.807) is 16.3 Å². The van der Waals surface area contributed by atoms with Gasteiger partial charge >= 0.3 is 0 Å². The molecule has 0 spiro atoms. The average Bonchev–Trinajstić information content (AvgIpc) is 3.19. The van der Waals surface area contributed by atoms with Crippen LogP contribution in [0.1, 0.15) is 16.8 Å². The number of thioether (sulfide) groups is 2. The van der Waals surface area contributed by atoms with Crippen LogP contribution in [0, 0.1) is 13.8 Å². The van der Waals surface area contributed by atoms with Crippen LogP contribution < -0.4 is 10.9 Å². The Morgan fingerprint density at radius 3 is 2.73 bits per heavy atom. The van der Waals surface area contributed by atoms with Crippen molar-refractivity contribution in [2.75, 3.05) is 16.8 Å². The van der Waals surface area contributed by atoms with Crippen molar-refractivity contribution in [3.05, 3.63) is 74.1 Å². The third-order valence-corrected chi connectivity index (χ3v) is 7.31. The molecule has 0 bridgehead atoms. The van der Waals surface area contributed by atoms with E-state index >= 15 is 0 Å². The Labute approximate surface area is 191 Å². The van der Waals surface area contributed by atoms with E-state index in [1.807, 2.05) is 56.3 Å². The highest BCUT2D eigenvalue weighted by molar-refractivity contribution is 9.10. The number of hydrogen-bond donors (Lipinski definition) is 1.